The molecular weight excluding hydrogens is 244 g/mol. The minimum absolute atomic E-state index is 0.246. The minimum atomic E-state index is 0.246. The molecule has 0 N–H and O–H groups in total. The number of hydrogen-bond acceptors (Lipinski definition) is 3. The van der Waals surface area contributed by atoms with Crippen LogP contribution in [0, 0.1) is 0 Å². The number of aromatic nitrogens is 1. The second-order valence-corrected chi connectivity index (χ2v) is 5.36. The van der Waals surface area contributed by atoms with Crippen LogP contribution >= 0.6 is 11.8 Å². The lowest BCUT2D eigenvalue weighted by Crippen LogP contribution is -2.37. The van der Waals surface area contributed by atoms with Gasteiger partial charge < -0.3 is 4.90 Å². The number of nitrogens with zero attached hydrogens (tertiary/aromatic N) is 2. The van der Waals surface area contributed by atoms with Crippen molar-refractivity contribution in [2.45, 2.75) is 39.3 Å². The molecule has 18 heavy (non-hydrogen) atoms. The molecule has 0 radical (unpaired) electrons. The summed E-state index contributed by atoms with van der Waals surface area (Å²) in [5, 5.41) is 0. The summed E-state index contributed by atoms with van der Waals surface area (Å²) in [6.45, 7) is 4.91. The first-order chi connectivity index (χ1) is 8.69. The van der Waals surface area contributed by atoms with Crippen molar-refractivity contribution >= 4 is 17.7 Å². The molecule has 1 aromatic rings. The molecule has 0 spiro atoms. The fourth-order valence-corrected chi connectivity index (χ4v) is 2.11. The quantitative estimate of drug-likeness (QED) is 0.760. The Morgan fingerprint density at radius 1 is 1.44 bits per heavy atom. The van der Waals surface area contributed by atoms with E-state index >= 15 is 0 Å². The van der Waals surface area contributed by atoms with E-state index in [-0.39, 0.29) is 11.9 Å². The van der Waals surface area contributed by atoms with Gasteiger partial charge in [-0.3, -0.25) is 9.78 Å². The molecule has 0 unspecified atom stereocenters. The summed E-state index contributed by atoms with van der Waals surface area (Å²) >= 11 is 1.72. The van der Waals surface area contributed by atoms with E-state index in [1.165, 1.54) is 0 Å². The lowest BCUT2D eigenvalue weighted by molar-refractivity contribution is -0.133. The Morgan fingerprint density at radius 2 is 2.11 bits per heavy atom. The largest absolute Gasteiger partial charge is 0.336 e. The van der Waals surface area contributed by atoms with Crippen LogP contribution in [0.25, 0.3) is 0 Å². The van der Waals surface area contributed by atoms with Crippen molar-refractivity contribution in [3.63, 3.8) is 0 Å². The summed E-state index contributed by atoms with van der Waals surface area (Å²) < 4.78 is 0. The summed E-state index contributed by atoms with van der Waals surface area (Å²) in [5.74, 6) is 1.14. The Morgan fingerprint density at radius 3 is 2.67 bits per heavy atom. The fourth-order valence-electron chi connectivity index (χ4n) is 1.73. The zero-order chi connectivity index (χ0) is 13.4. The van der Waals surface area contributed by atoms with Crippen molar-refractivity contribution < 1.29 is 4.79 Å². The molecule has 1 heterocycles. The molecule has 1 atom stereocenters. The Labute approximate surface area is 114 Å². The van der Waals surface area contributed by atoms with Crippen LogP contribution < -0.4 is 0 Å². The summed E-state index contributed by atoms with van der Waals surface area (Å²) in [6, 6.07) is 4.22. The molecule has 0 bridgehead atoms. The first kappa shape index (κ1) is 15.0. The number of thioether (sulfide) groups is 1. The van der Waals surface area contributed by atoms with Crippen LogP contribution in [-0.4, -0.2) is 33.8 Å². The van der Waals surface area contributed by atoms with Crippen LogP contribution in [0.1, 0.15) is 32.3 Å². The van der Waals surface area contributed by atoms with Crippen LogP contribution in [0.4, 0.5) is 0 Å². The Bertz CT molecular complexity index is 356. The van der Waals surface area contributed by atoms with Crippen LogP contribution in [0.3, 0.4) is 0 Å². The highest BCUT2D eigenvalue weighted by Crippen LogP contribution is 2.12. The second kappa shape index (κ2) is 8.14. The van der Waals surface area contributed by atoms with Gasteiger partial charge in [-0.25, -0.2) is 0 Å². The van der Waals surface area contributed by atoms with E-state index in [2.05, 4.69) is 18.8 Å². The lowest BCUT2D eigenvalue weighted by atomic mass is 10.1. The molecule has 0 saturated carbocycles. The zero-order valence-corrected chi connectivity index (χ0v) is 12.2. The van der Waals surface area contributed by atoms with Crippen LogP contribution in [0.5, 0.6) is 0 Å². The molecule has 4 heteroatoms. The van der Waals surface area contributed by atoms with E-state index in [9.17, 15) is 4.79 Å². The number of hydrogen-bond donors (Lipinski definition) is 0. The topological polar surface area (TPSA) is 33.2 Å². The molecule has 0 saturated heterocycles. The third-order valence-corrected chi connectivity index (χ3v) is 3.68. The van der Waals surface area contributed by atoms with E-state index in [4.69, 9.17) is 0 Å². The average Bonchev–Trinajstić information content (AvgIpc) is 2.42. The molecule has 1 amide bonds. The molecule has 100 valence electrons. The molecule has 0 aliphatic heterocycles. The number of amides is 1. The van der Waals surface area contributed by atoms with Crippen LogP contribution in [-0.2, 0) is 11.3 Å². The van der Waals surface area contributed by atoms with Gasteiger partial charge in [0.05, 0.1) is 0 Å². The molecule has 0 aliphatic rings. The van der Waals surface area contributed by atoms with Gasteiger partial charge >= 0.3 is 0 Å². The monoisotopic (exact) mass is 266 g/mol. The fraction of sp³-hybridized carbons (Fsp3) is 0.571. The molecule has 1 rings (SSSR count). The van der Waals surface area contributed by atoms with Gasteiger partial charge in [-0.1, -0.05) is 6.92 Å². The maximum atomic E-state index is 12.2. The lowest BCUT2D eigenvalue weighted by Gasteiger charge is -2.28. The van der Waals surface area contributed by atoms with Gasteiger partial charge in [0, 0.05) is 37.2 Å². The van der Waals surface area contributed by atoms with Crippen LogP contribution in [0.15, 0.2) is 24.5 Å². The average molecular weight is 266 g/mol. The summed E-state index contributed by atoms with van der Waals surface area (Å²) in [7, 11) is 0. The van der Waals surface area contributed by atoms with Gasteiger partial charge in [0.15, 0.2) is 0 Å². The van der Waals surface area contributed by atoms with E-state index in [0.717, 1.165) is 17.7 Å². The van der Waals surface area contributed by atoms with Crippen molar-refractivity contribution in [3.05, 3.63) is 30.1 Å². The van der Waals surface area contributed by atoms with Gasteiger partial charge in [-0.05, 0) is 37.3 Å². The third kappa shape index (κ3) is 4.69. The highest BCUT2D eigenvalue weighted by atomic mass is 32.2. The minimum Gasteiger partial charge on any atom is -0.336 e. The Hall–Kier alpha value is -1.03. The van der Waals surface area contributed by atoms with Gasteiger partial charge in [0.1, 0.15) is 0 Å². The Kier molecular flexibility index (Phi) is 6.80. The summed E-state index contributed by atoms with van der Waals surface area (Å²) in [4.78, 5) is 18.2. The van der Waals surface area contributed by atoms with E-state index in [1.807, 2.05) is 23.3 Å². The zero-order valence-electron chi connectivity index (χ0n) is 11.4. The van der Waals surface area contributed by atoms with E-state index < -0.39 is 0 Å². The van der Waals surface area contributed by atoms with Crippen molar-refractivity contribution in [3.8, 4) is 0 Å². The molecule has 0 aromatic carbocycles. The normalized spacial score (nSPS) is 12.2. The summed E-state index contributed by atoms with van der Waals surface area (Å²) in [6.07, 6.45) is 7.18. The summed E-state index contributed by atoms with van der Waals surface area (Å²) in [5.41, 5.74) is 1.14. The highest BCUT2D eigenvalue weighted by Gasteiger charge is 2.18. The van der Waals surface area contributed by atoms with E-state index in [1.54, 1.807) is 24.2 Å². The Balaban J connectivity index is 2.69. The van der Waals surface area contributed by atoms with Gasteiger partial charge in [-0.15, -0.1) is 0 Å². The molecule has 0 aliphatic carbocycles. The van der Waals surface area contributed by atoms with Crippen molar-refractivity contribution in [1.29, 1.82) is 0 Å². The second-order valence-electron chi connectivity index (χ2n) is 4.38. The SMILES string of the molecule is CC[C@@H](C)N(Cc1ccncc1)C(=O)CCSC. The van der Waals surface area contributed by atoms with Gasteiger partial charge in [0.25, 0.3) is 0 Å². The first-order valence-corrected chi connectivity index (χ1v) is 7.75. The first-order valence-electron chi connectivity index (χ1n) is 6.36. The standard InChI is InChI=1S/C14H22N2OS/c1-4-12(2)16(14(17)7-10-18-3)11-13-5-8-15-9-6-13/h5-6,8-9,12H,4,7,10-11H2,1-3H3/t12-/m1/s1. The number of pyridine rings is 1. The number of rotatable bonds is 7. The highest BCUT2D eigenvalue weighted by molar-refractivity contribution is 7.98. The van der Waals surface area contributed by atoms with E-state index in [0.29, 0.717) is 13.0 Å². The van der Waals surface area contributed by atoms with Crippen molar-refractivity contribution in [2.24, 2.45) is 0 Å². The molecule has 0 fully saturated rings. The third-order valence-electron chi connectivity index (χ3n) is 3.07. The van der Waals surface area contributed by atoms with Gasteiger partial charge in [0.2, 0.25) is 5.91 Å². The number of carbonyl (C=O) groups is 1. The van der Waals surface area contributed by atoms with Gasteiger partial charge in [-0.2, -0.15) is 11.8 Å². The van der Waals surface area contributed by atoms with Crippen molar-refractivity contribution in [1.82, 2.24) is 9.88 Å². The number of carbonyl (C=O) groups excluding carboxylic acids is 1. The maximum Gasteiger partial charge on any atom is 0.223 e. The molecule has 1 aromatic heterocycles. The maximum absolute atomic E-state index is 12.2. The molecular formula is C14H22N2OS. The predicted octanol–water partition coefficient (Wildman–Crippen LogP) is 2.96. The van der Waals surface area contributed by atoms with Crippen LogP contribution in [0.2, 0.25) is 0 Å². The smallest absolute Gasteiger partial charge is 0.223 e. The predicted molar refractivity (Wildman–Crippen MR) is 77.5 cm³/mol. The van der Waals surface area contributed by atoms with Crippen molar-refractivity contribution in [2.75, 3.05) is 12.0 Å². The molecule has 3 nitrogen and oxygen atoms in total.